The van der Waals surface area contributed by atoms with Crippen molar-refractivity contribution in [3.05, 3.63) is 40.9 Å². The van der Waals surface area contributed by atoms with Crippen LogP contribution in [0.15, 0.2) is 24.8 Å². The number of allylic oxidation sites excluding steroid dienone is 1. The van der Waals surface area contributed by atoms with Gasteiger partial charge in [0.2, 0.25) is 0 Å². The van der Waals surface area contributed by atoms with Crippen LogP contribution in [0, 0.1) is 0 Å². The Kier molecular flexibility index (Phi) is 2.66. The molecular weight excluding hydrogens is 172 g/mol. The van der Waals surface area contributed by atoms with Crippen molar-refractivity contribution in [1.29, 1.82) is 0 Å². The highest BCUT2D eigenvalue weighted by Crippen LogP contribution is 2.18. The molecule has 1 nitrogen and oxygen atoms in total. The first-order valence-corrected chi connectivity index (χ1v) is 3.93. The molecule has 0 aliphatic rings. The minimum Gasteiger partial charge on any atom is -0.298 e. The van der Waals surface area contributed by atoms with Gasteiger partial charge in [0.05, 0.1) is 0 Å². The van der Waals surface area contributed by atoms with Gasteiger partial charge in [0.1, 0.15) is 6.29 Å². The van der Waals surface area contributed by atoms with Crippen molar-refractivity contribution in [2.24, 2.45) is 0 Å². The molecule has 0 fully saturated rings. The van der Waals surface area contributed by atoms with Crippen LogP contribution in [0.25, 0.3) is 5.57 Å². The molecule has 0 aromatic heterocycles. The average Bonchev–Trinajstić information content (AvgIpc) is 2.03. The van der Waals surface area contributed by atoms with E-state index in [1.807, 2.05) is 6.92 Å². The van der Waals surface area contributed by atoms with Crippen molar-refractivity contribution in [3.63, 3.8) is 0 Å². The second kappa shape index (κ2) is 3.55. The molecule has 1 aromatic carbocycles. The zero-order valence-corrected chi connectivity index (χ0v) is 7.56. The molecule has 0 bridgehead atoms. The molecule has 62 valence electrons. The first kappa shape index (κ1) is 9.01. The van der Waals surface area contributed by atoms with E-state index in [1.54, 1.807) is 18.2 Å². The summed E-state index contributed by atoms with van der Waals surface area (Å²) in [7, 11) is 0. The number of benzene rings is 1. The Morgan fingerprint density at radius 3 is 2.67 bits per heavy atom. The lowest BCUT2D eigenvalue weighted by atomic mass is 10.1. The fourth-order valence-corrected chi connectivity index (χ4v) is 1.17. The molecule has 0 amide bonds. The van der Waals surface area contributed by atoms with Gasteiger partial charge in [0.25, 0.3) is 0 Å². The molecule has 1 aromatic rings. The molecule has 1 rings (SSSR count). The summed E-state index contributed by atoms with van der Waals surface area (Å²) in [5.74, 6) is 0. The Hall–Kier alpha value is -1.08. The number of aldehydes is 1. The molecule has 12 heavy (non-hydrogen) atoms. The van der Waals surface area contributed by atoms with Gasteiger partial charge in [-0.1, -0.05) is 23.8 Å². The third-order valence-electron chi connectivity index (χ3n) is 1.55. The zero-order chi connectivity index (χ0) is 9.14. The van der Waals surface area contributed by atoms with Crippen LogP contribution in [0.4, 0.5) is 0 Å². The summed E-state index contributed by atoms with van der Waals surface area (Å²) >= 11 is 5.77. The Labute approximate surface area is 76.7 Å². The molecule has 0 radical (unpaired) electrons. The summed E-state index contributed by atoms with van der Waals surface area (Å²) in [5, 5.41) is 0.567. The van der Waals surface area contributed by atoms with E-state index in [0.29, 0.717) is 10.6 Å². The van der Waals surface area contributed by atoms with Gasteiger partial charge in [-0.3, -0.25) is 4.79 Å². The quantitative estimate of drug-likeness (QED) is 0.639. The van der Waals surface area contributed by atoms with Crippen LogP contribution >= 0.6 is 11.6 Å². The predicted molar refractivity (Wildman–Crippen MR) is 51.5 cm³/mol. The topological polar surface area (TPSA) is 17.1 Å². The lowest BCUT2D eigenvalue weighted by Gasteiger charge is -2.01. The molecule has 2 heteroatoms. The van der Waals surface area contributed by atoms with Crippen LogP contribution in [-0.4, -0.2) is 6.29 Å². The second-order valence-corrected chi connectivity index (χ2v) is 3.11. The summed E-state index contributed by atoms with van der Waals surface area (Å²) in [6, 6.07) is 5.18. The normalized spacial score (nSPS) is 9.50. The van der Waals surface area contributed by atoms with Crippen LogP contribution in [0.5, 0.6) is 0 Å². The number of hydrogen-bond acceptors (Lipinski definition) is 1. The number of rotatable bonds is 2. The summed E-state index contributed by atoms with van der Waals surface area (Å²) in [6.07, 6.45) is 0.776. The van der Waals surface area contributed by atoms with Gasteiger partial charge in [0.15, 0.2) is 0 Å². The Bertz CT molecular complexity index is 329. The molecule has 0 saturated carbocycles. The van der Waals surface area contributed by atoms with E-state index in [2.05, 4.69) is 6.58 Å². The van der Waals surface area contributed by atoms with Crippen molar-refractivity contribution >= 4 is 23.5 Å². The lowest BCUT2D eigenvalue weighted by molar-refractivity contribution is 0.112. The van der Waals surface area contributed by atoms with Gasteiger partial charge in [-0.05, 0) is 30.7 Å². The molecule has 0 N–H and O–H groups in total. The van der Waals surface area contributed by atoms with Gasteiger partial charge in [-0.25, -0.2) is 0 Å². The minimum absolute atomic E-state index is 0.567. The monoisotopic (exact) mass is 180 g/mol. The maximum Gasteiger partial charge on any atom is 0.150 e. The number of halogens is 1. The van der Waals surface area contributed by atoms with Gasteiger partial charge >= 0.3 is 0 Å². The average molecular weight is 181 g/mol. The van der Waals surface area contributed by atoms with E-state index >= 15 is 0 Å². The maximum absolute atomic E-state index is 10.4. The van der Waals surface area contributed by atoms with Crippen molar-refractivity contribution in [1.82, 2.24) is 0 Å². The lowest BCUT2D eigenvalue weighted by Crippen LogP contribution is -1.84. The van der Waals surface area contributed by atoms with Gasteiger partial charge in [0, 0.05) is 10.6 Å². The fourth-order valence-electron chi connectivity index (χ4n) is 0.927. The highest BCUT2D eigenvalue weighted by atomic mass is 35.5. The highest BCUT2D eigenvalue weighted by molar-refractivity contribution is 6.31. The predicted octanol–water partition coefficient (Wildman–Crippen LogP) is 3.19. The van der Waals surface area contributed by atoms with Crippen LogP contribution in [0.1, 0.15) is 22.8 Å². The second-order valence-electron chi connectivity index (χ2n) is 2.67. The molecule has 0 heterocycles. The maximum atomic E-state index is 10.4. The SMILES string of the molecule is C=C(C)c1cc(Cl)cc(C=O)c1. The molecule has 0 atom stereocenters. The van der Waals surface area contributed by atoms with Crippen LogP contribution in [0.3, 0.4) is 0 Å². The van der Waals surface area contributed by atoms with Gasteiger partial charge in [-0.15, -0.1) is 0 Å². The first-order chi connectivity index (χ1) is 5.63. The zero-order valence-electron chi connectivity index (χ0n) is 6.80. The third-order valence-corrected chi connectivity index (χ3v) is 1.77. The fraction of sp³-hybridized carbons (Fsp3) is 0.100. The number of hydrogen-bond donors (Lipinski definition) is 0. The van der Waals surface area contributed by atoms with Crippen LogP contribution in [-0.2, 0) is 0 Å². The van der Waals surface area contributed by atoms with E-state index in [-0.39, 0.29) is 0 Å². The Morgan fingerprint density at radius 2 is 2.17 bits per heavy atom. The number of carbonyl (C=O) groups excluding carboxylic acids is 1. The molecular formula is C10H9ClO. The third kappa shape index (κ3) is 1.95. The standard InChI is InChI=1S/C10H9ClO/c1-7(2)9-3-8(6-12)4-10(11)5-9/h3-6H,1H2,2H3. The Balaban J connectivity index is 3.23. The first-order valence-electron chi connectivity index (χ1n) is 3.55. The smallest absolute Gasteiger partial charge is 0.150 e. The van der Waals surface area contributed by atoms with E-state index in [1.165, 1.54) is 0 Å². The summed E-state index contributed by atoms with van der Waals surface area (Å²) in [5.41, 5.74) is 2.39. The number of carbonyl (C=O) groups is 1. The van der Waals surface area contributed by atoms with Crippen molar-refractivity contribution in [2.75, 3.05) is 0 Å². The van der Waals surface area contributed by atoms with E-state index in [4.69, 9.17) is 11.6 Å². The van der Waals surface area contributed by atoms with Gasteiger partial charge in [-0.2, -0.15) is 0 Å². The molecule has 0 unspecified atom stereocenters. The van der Waals surface area contributed by atoms with E-state index < -0.39 is 0 Å². The van der Waals surface area contributed by atoms with Gasteiger partial charge < -0.3 is 0 Å². The van der Waals surface area contributed by atoms with Crippen LogP contribution in [0.2, 0.25) is 5.02 Å². The summed E-state index contributed by atoms with van der Waals surface area (Å²) in [6.45, 7) is 5.64. The van der Waals surface area contributed by atoms with E-state index in [9.17, 15) is 4.79 Å². The highest BCUT2D eigenvalue weighted by Gasteiger charge is 1.98. The summed E-state index contributed by atoms with van der Waals surface area (Å²) < 4.78 is 0. The van der Waals surface area contributed by atoms with Crippen molar-refractivity contribution in [3.8, 4) is 0 Å². The molecule has 0 aliphatic carbocycles. The molecule has 0 aliphatic heterocycles. The molecule has 0 spiro atoms. The Morgan fingerprint density at radius 1 is 1.50 bits per heavy atom. The van der Waals surface area contributed by atoms with Crippen molar-refractivity contribution in [2.45, 2.75) is 6.92 Å². The van der Waals surface area contributed by atoms with Crippen molar-refractivity contribution < 1.29 is 4.79 Å². The largest absolute Gasteiger partial charge is 0.298 e. The molecule has 0 saturated heterocycles. The van der Waals surface area contributed by atoms with E-state index in [0.717, 1.165) is 17.4 Å². The van der Waals surface area contributed by atoms with Crippen LogP contribution < -0.4 is 0 Å². The minimum atomic E-state index is 0.567. The summed E-state index contributed by atoms with van der Waals surface area (Å²) in [4.78, 5) is 10.4.